The molecule has 0 aromatic carbocycles. The zero-order chi connectivity index (χ0) is 20.7. The number of hydrogen-bond donors (Lipinski definition) is 1. The quantitative estimate of drug-likeness (QED) is 0.433. The molecule has 1 aliphatic heterocycles. The molecule has 1 N–H and O–H groups in total. The smallest absolute Gasteiger partial charge is 0.345 e. The van der Waals surface area contributed by atoms with E-state index < -0.39 is 30.3 Å². The van der Waals surface area contributed by atoms with Crippen LogP contribution in [0.1, 0.15) is 60.0 Å². The molecular formula is C20H25F2NO4S. The van der Waals surface area contributed by atoms with E-state index in [2.05, 4.69) is 0 Å². The largest absolute Gasteiger partial charge is 0.477 e. The SMILES string of the molecule is CCCCCC(=O)/C=C/[C@H]1CC(F)(F)C(=O)N1CCCc1ccc(C(=O)O)s1. The fourth-order valence-electron chi connectivity index (χ4n) is 3.16. The molecule has 1 aromatic heterocycles. The van der Waals surface area contributed by atoms with Crippen molar-refractivity contribution < 1.29 is 28.3 Å². The number of carboxylic acids is 1. The summed E-state index contributed by atoms with van der Waals surface area (Å²) in [5.74, 6) is -5.74. The van der Waals surface area contributed by atoms with Gasteiger partial charge in [0, 0.05) is 24.3 Å². The number of unbranched alkanes of at least 4 members (excludes halogenated alkanes) is 2. The number of ketones is 1. The molecule has 1 atom stereocenters. The van der Waals surface area contributed by atoms with Crippen molar-refractivity contribution in [3.05, 3.63) is 34.0 Å². The van der Waals surface area contributed by atoms with Crippen molar-refractivity contribution in [3.8, 4) is 0 Å². The minimum atomic E-state index is -3.42. The minimum absolute atomic E-state index is 0.115. The van der Waals surface area contributed by atoms with Crippen LogP contribution in [0, 0.1) is 0 Å². The van der Waals surface area contributed by atoms with Crippen molar-refractivity contribution in [3.63, 3.8) is 0 Å². The highest BCUT2D eigenvalue weighted by Gasteiger charge is 2.52. The Morgan fingerprint density at radius 1 is 1.32 bits per heavy atom. The van der Waals surface area contributed by atoms with Gasteiger partial charge in [0.05, 0.1) is 6.04 Å². The number of hydrogen-bond acceptors (Lipinski definition) is 4. The number of nitrogens with zero attached hydrogens (tertiary/aromatic N) is 1. The molecule has 1 aliphatic rings. The van der Waals surface area contributed by atoms with E-state index in [4.69, 9.17) is 5.11 Å². The number of allylic oxidation sites excluding steroid dienone is 1. The highest BCUT2D eigenvalue weighted by Crippen LogP contribution is 2.34. The Labute approximate surface area is 167 Å². The second kappa shape index (κ2) is 9.91. The molecule has 5 nitrogen and oxygen atoms in total. The van der Waals surface area contributed by atoms with Crippen LogP contribution in [-0.2, 0) is 16.0 Å². The van der Waals surface area contributed by atoms with Crippen LogP contribution < -0.4 is 0 Å². The number of thiophene rings is 1. The summed E-state index contributed by atoms with van der Waals surface area (Å²) in [6.45, 7) is 2.16. The molecule has 0 saturated carbocycles. The summed E-state index contributed by atoms with van der Waals surface area (Å²) in [5.41, 5.74) is 0. The van der Waals surface area contributed by atoms with Gasteiger partial charge in [-0.3, -0.25) is 9.59 Å². The van der Waals surface area contributed by atoms with Gasteiger partial charge < -0.3 is 10.0 Å². The Hall–Kier alpha value is -2.09. The normalized spacial score (nSPS) is 18.9. The number of carbonyl (C=O) groups excluding carboxylic acids is 2. The number of carboxylic acid groups (broad SMARTS) is 1. The molecule has 2 heterocycles. The fraction of sp³-hybridized carbons (Fsp3) is 0.550. The van der Waals surface area contributed by atoms with Crippen molar-refractivity contribution in [2.45, 2.75) is 63.8 Å². The number of halogens is 2. The van der Waals surface area contributed by atoms with Gasteiger partial charge in [0.1, 0.15) is 4.88 Å². The van der Waals surface area contributed by atoms with Gasteiger partial charge in [0.2, 0.25) is 0 Å². The molecule has 0 bridgehead atoms. The van der Waals surface area contributed by atoms with E-state index in [0.717, 1.165) is 40.4 Å². The maximum atomic E-state index is 13.9. The number of alkyl halides is 2. The van der Waals surface area contributed by atoms with Gasteiger partial charge in [0.15, 0.2) is 5.78 Å². The number of aryl methyl sites for hydroxylation is 1. The van der Waals surface area contributed by atoms with E-state index in [-0.39, 0.29) is 17.2 Å². The topological polar surface area (TPSA) is 74.7 Å². The first-order valence-corrected chi connectivity index (χ1v) is 10.3. The third kappa shape index (κ3) is 5.95. The van der Waals surface area contributed by atoms with Crippen molar-refractivity contribution in [1.82, 2.24) is 4.90 Å². The van der Waals surface area contributed by atoms with Crippen LogP contribution in [0.3, 0.4) is 0 Å². The number of likely N-dealkylation sites (tertiary alicyclic amines) is 1. The molecule has 2 rings (SSSR count). The highest BCUT2D eigenvalue weighted by molar-refractivity contribution is 7.13. The Kier molecular flexibility index (Phi) is 7.86. The minimum Gasteiger partial charge on any atom is -0.477 e. The lowest BCUT2D eigenvalue weighted by Crippen LogP contribution is -2.36. The first-order valence-electron chi connectivity index (χ1n) is 9.46. The third-order valence-electron chi connectivity index (χ3n) is 4.67. The molecule has 8 heteroatoms. The van der Waals surface area contributed by atoms with Crippen LogP contribution >= 0.6 is 11.3 Å². The zero-order valence-electron chi connectivity index (χ0n) is 15.8. The van der Waals surface area contributed by atoms with E-state index >= 15 is 0 Å². The molecule has 1 saturated heterocycles. The van der Waals surface area contributed by atoms with E-state index in [1.807, 2.05) is 6.92 Å². The lowest BCUT2D eigenvalue weighted by atomic mass is 10.1. The van der Waals surface area contributed by atoms with E-state index in [9.17, 15) is 23.2 Å². The van der Waals surface area contributed by atoms with Crippen LogP contribution in [0.2, 0.25) is 0 Å². The average Bonchev–Trinajstić information content (AvgIpc) is 3.18. The predicted octanol–water partition coefficient (Wildman–Crippen LogP) is 4.32. The van der Waals surface area contributed by atoms with Crippen molar-refractivity contribution in [2.24, 2.45) is 0 Å². The molecule has 0 spiro atoms. The average molecular weight is 413 g/mol. The van der Waals surface area contributed by atoms with Crippen LogP contribution in [0.25, 0.3) is 0 Å². The third-order valence-corrected chi connectivity index (χ3v) is 5.80. The maximum absolute atomic E-state index is 13.9. The molecular weight excluding hydrogens is 388 g/mol. The monoisotopic (exact) mass is 413 g/mol. The van der Waals surface area contributed by atoms with Gasteiger partial charge in [-0.25, -0.2) is 4.79 Å². The summed E-state index contributed by atoms with van der Waals surface area (Å²) < 4.78 is 27.8. The summed E-state index contributed by atoms with van der Waals surface area (Å²) in [6.07, 6.45) is 6.14. The second-order valence-corrected chi connectivity index (χ2v) is 8.10. The summed E-state index contributed by atoms with van der Waals surface area (Å²) in [6, 6.07) is 2.41. The number of aromatic carboxylic acids is 1. The van der Waals surface area contributed by atoms with Crippen molar-refractivity contribution in [2.75, 3.05) is 6.54 Å². The van der Waals surface area contributed by atoms with Gasteiger partial charge in [-0.05, 0) is 37.5 Å². The summed E-state index contributed by atoms with van der Waals surface area (Å²) >= 11 is 1.14. The van der Waals surface area contributed by atoms with E-state index in [0.29, 0.717) is 19.3 Å². The van der Waals surface area contributed by atoms with Gasteiger partial charge >= 0.3 is 11.9 Å². The lowest BCUT2D eigenvalue weighted by molar-refractivity contribution is -0.148. The first-order chi connectivity index (χ1) is 13.2. The Balaban J connectivity index is 1.93. The molecule has 1 fully saturated rings. The summed E-state index contributed by atoms with van der Waals surface area (Å²) in [7, 11) is 0. The maximum Gasteiger partial charge on any atom is 0.345 e. The molecule has 0 aliphatic carbocycles. The van der Waals surface area contributed by atoms with Gasteiger partial charge in [-0.15, -0.1) is 11.3 Å². The molecule has 154 valence electrons. The number of amides is 1. The van der Waals surface area contributed by atoms with Gasteiger partial charge in [-0.1, -0.05) is 25.8 Å². The molecule has 1 aromatic rings. The van der Waals surface area contributed by atoms with Crippen LogP contribution in [-0.4, -0.2) is 46.2 Å². The highest BCUT2D eigenvalue weighted by atomic mass is 32.1. The van der Waals surface area contributed by atoms with E-state index in [1.54, 1.807) is 6.07 Å². The Morgan fingerprint density at radius 2 is 2.07 bits per heavy atom. The number of rotatable bonds is 11. The summed E-state index contributed by atoms with van der Waals surface area (Å²) in [5, 5.41) is 8.93. The van der Waals surface area contributed by atoms with Gasteiger partial charge in [-0.2, -0.15) is 8.78 Å². The Morgan fingerprint density at radius 3 is 2.71 bits per heavy atom. The molecule has 28 heavy (non-hydrogen) atoms. The second-order valence-electron chi connectivity index (χ2n) is 6.93. The van der Waals surface area contributed by atoms with Crippen molar-refractivity contribution >= 4 is 29.0 Å². The lowest BCUT2D eigenvalue weighted by Gasteiger charge is -2.21. The van der Waals surface area contributed by atoms with Gasteiger partial charge in [0.25, 0.3) is 5.91 Å². The number of carbonyl (C=O) groups is 3. The zero-order valence-corrected chi connectivity index (χ0v) is 16.6. The van der Waals surface area contributed by atoms with Crippen LogP contribution in [0.5, 0.6) is 0 Å². The Bertz CT molecular complexity index is 744. The van der Waals surface area contributed by atoms with E-state index in [1.165, 1.54) is 18.2 Å². The first kappa shape index (κ1) is 22.2. The van der Waals surface area contributed by atoms with Crippen LogP contribution in [0.15, 0.2) is 24.3 Å². The summed E-state index contributed by atoms with van der Waals surface area (Å²) in [4.78, 5) is 36.9. The standard InChI is InChI=1S/C20H25F2NO4S/c1-2-3-4-6-15(24)9-8-14-13-20(21,22)19(27)23(14)12-5-7-16-10-11-17(28-16)18(25)26/h8-11,14H,2-7,12-13H2,1H3,(H,25,26)/b9-8+/t14-/m0/s1. The predicted molar refractivity (Wildman–Crippen MR) is 103 cm³/mol. The fourth-order valence-corrected chi connectivity index (χ4v) is 4.05. The molecule has 1 amide bonds. The van der Waals surface area contributed by atoms with Crippen molar-refractivity contribution in [1.29, 1.82) is 0 Å². The molecule has 0 radical (unpaired) electrons. The van der Waals surface area contributed by atoms with Crippen LogP contribution in [0.4, 0.5) is 8.78 Å². The molecule has 0 unspecified atom stereocenters.